The van der Waals surface area contributed by atoms with Crippen LogP contribution in [0.25, 0.3) is 0 Å². The molecule has 0 spiro atoms. The highest BCUT2D eigenvalue weighted by molar-refractivity contribution is 7.91. The van der Waals surface area contributed by atoms with E-state index in [2.05, 4.69) is 0 Å². The lowest BCUT2D eigenvalue weighted by Gasteiger charge is -2.28. The predicted molar refractivity (Wildman–Crippen MR) is 89.3 cm³/mol. The van der Waals surface area contributed by atoms with Crippen molar-refractivity contribution in [1.29, 1.82) is 0 Å². The largest absolute Gasteiger partial charge is 0.467 e. The Hall–Kier alpha value is -2.32. The Bertz CT molecular complexity index is 803. The van der Waals surface area contributed by atoms with Crippen LogP contribution in [0, 0.1) is 0 Å². The highest BCUT2D eigenvalue weighted by Gasteiger charge is 2.42. The molecule has 1 fully saturated rings. The molecule has 1 aliphatic rings. The minimum atomic E-state index is -3.40. The Labute approximate surface area is 145 Å². The van der Waals surface area contributed by atoms with Gasteiger partial charge in [0, 0.05) is 0 Å². The average molecular weight is 365 g/mol. The van der Waals surface area contributed by atoms with Crippen LogP contribution in [-0.4, -0.2) is 48.2 Å². The molecule has 0 saturated carbocycles. The summed E-state index contributed by atoms with van der Waals surface area (Å²) in [5, 5.41) is 10.1. The zero-order valence-corrected chi connectivity index (χ0v) is 14.3. The van der Waals surface area contributed by atoms with E-state index >= 15 is 0 Å². The molecular weight excluding hydrogens is 346 g/mol. The van der Waals surface area contributed by atoms with Crippen molar-refractivity contribution in [1.82, 2.24) is 4.90 Å². The van der Waals surface area contributed by atoms with Gasteiger partial charge in [-0.3, -0.25) is 4.90 Å². The molecule has 3 rings (SSSR count). The van der Waals surface area contributed by atoms with Gasteiger partial charge < -0.3 is 14.3 Å². The van der Waals surface area contributed by atoms with E-state index in [1.165, 1.54) is 11.2 Å². The van der Waals surface area contributed by atoms with E-state index in [4.69, 9.17) is 9.15 Å². The Morgan fingerprint density at radius 2 is 1.96 bits per heavy atom. The van der Waals surface area contributed by atoms with Gasteiger partial charge in [0.1, 0.15) is 12.4 Å². The molecule has 1 amide bonds. The fourth-order valence-electron chi connectivity index (χ4n) is 2.80. The number of nitrogens with zero attached hydrogens (tertiary/aromatic N) is 1. The van der Waals surface area contributed by atoms with Crippen LogP contribution in [0.2, 0.25) is 0 Å². The summed E-state index contributed by atoms with van der Waals surface area (Å²) >= 11 is 0. The van der Waals surface area contributed by atoms with Crippen LogP contribution in [0.1, 0.15) is 11.3 Å². The molecule has 1 N–H and O–H groups in total. The number of carbonyl (C=O) groups excluding carboxylic acids is 1. The SMILES string of the molecule is O=C(OCc1ccccc1)N(Cc1ccco1)C1CS(=O)(=O)CC1O. The molecule has 2 atom stereocenters. The molecular formula is C17H19NO6S. The number of aliphatic hydroxyl groups is 1. The molecule has 8 heteroatoms. The van der Waals surface area contributed by atoms with Crippen LogP contribution in [0.4, 0.5) is 4.79 Å². The molecule has 134 valence electrons. The third-order valence-electron chi connectivity index (χ3n) is 4.04. The van der Waals surface area contributed by atoms with E-state index in [1.807, 2.05) is 30.3 Å². The second-order valence-corrected chi connectivity index (χ2v) is 8.11. The Morgan fingerprint density at radius 3 is 2.56 bits per heavy atom. The molecule has 1 aliphatic heterocycles. The number of carbonyl (C=O) groups is 1. The Morgan fingerprint density at radius 1 is 1.20 bits per heavy atom. The van der Waals surface area contributed by atoms with E-state index in [0.29, 0.717) is 5.76 Å². The second-order valence-electron chi connectivity index (χ2n) is 5.96. The molecule has 2 unspecified atom stereocenters. The lowest BCUT2D eigenvalue weighted by molar-refractivity contribution is 0.0439. The first-order valence-corrected chi connectivity index (χ1v) is 9.65. The number of ether oxygens (including phenoxy) is 1. The smallest absolute Gasteiger partial charge is 0.410 e. The van der Waals surface area contributed by atoms with Crippen molar-refractivity contribution < 1.29 is 27.5 Å². The summed E-state index contributed by atoms with van der Waals surface area (Å²) in [6.45, 7) is 0.0851. The lowest BCUT2D eigenvalue weighted by Crippen LogP contribution is -2.46. The summed E-state index contributed by atoms with van der Waals surface area (Å²) in [7, 11) is -3.40. The van der Waals surface area contributed by atoms with E-state index in [-0.39, 0.29) is 24.7 Å². The quantitative estimate of drug-likeness (QED) is 0.864. The van der Waals surface area contributed by atoms with E-state index in [9.17, 15) is 18.3 Å². The van der Waals surface area contributed by atoms with Gasteiger partial charge in [0.2, 0.25) is 0 Å². The van der Waals surface area contributed by atoms with Crippen molar-refractivity contribution in [2.75, 3.05) is 11.5 Å². The number of sulfone groups is 1. The lowest BCUT2D eigenvalue weighted by atomic mass is 10.2. The van der Waals surface area contributed by atoms with Crippen LogP contribution in [0.3, 0.4) is 0 Å². The van der Waals surface area contributed by atoms with Crippen LogP contribution < -0.4 is 0 Å². The molecule has 0 aliphatic carbocycles. The second kappa shape index (κ2) is 7.28. The van der Waals surface area contributed by atoms with Gasteiger partial charge in [0.25, 0.3) is 0 Å². The number of aliphatic hydroxyl groups excluding tert-OH is 1. The molecule has 1 aromatic heterocycles. The minimum Gasteiger partial charge on any atom is -0.467 e. The van der Waals surface area contributed by atoms with Gasteiger partial charge in [0.05, 0.1) is 36.5 Å². The van der Waals surface area contributed by atoms with Gasteiger partial charge in [-0.2, -0.15) is 0 Å². The Kier molecular flexibility index (Phi) is 5.10. The van der Waals surface area contributed by atoms with Crippen molar-refractivity contribution in [3.05, 3.63) is 60.1 Å². The standard InChI is InChI=1S/C17H19NO6S/c19-16-12-25(21,22)11-15(16)18(9-14-7-4-8-23-14)17(20)24-10-13-5-2-1-3-6-13/h1-8,15-16,19H,9-12H2. The highest BCUT2D eigenvalue weighted by Crippen LogP contribution is 2.22. The predicted octanol–water partition coefficient (Wildman–Crippen LogP) is 1.58. The van der Waals surface area contributed by atoms with Crippen molar-refractivity contribution >= 4 is 15.9 Å². The minimum absolute atomic E-state index is 0.0257. The highest BCUT2D eigenvalue weighted by atomic mass is 32.2. The van der Waals surface area contributed by atoms with Gasteiger partial charge in [-0.05, 0) is 17.7 Å². The van der Waals surface area contributed by atoms with Gasteiger partial charge in [-0.25, -0.2) is 13.2 Å². The average Bonchev–Trinajstić information content (AvgIpc) is 3.18. The zero-order valence-electron chi connectivity index (χ0n) is 13.4. The van der Waals surface area contributed by atoms with E-state index in [1.54, 1.807) is 12.1 Å². The summed E-state index contributed by atoms with van der Waals surface area (Å²) in [6.07, 6.45) is -0.379. The van der Waals surface area contributed by atoms with Crippen LogP contribution >= 0.6 is 0 Å². The van der Waals surface area contributed by atoms with Gasteiger partial charge >= 0.3 is 6.09 Å². The monoisotopic (exact) mass is 365 g/mol. The first-order chi connectivity index (χ1) is 11.9. The van der Waals surface area contributed by atoms with Gasteiger partial charge in [-0.15, -0.1) is 0 Å². The summed E-state index contributed by atoms with van der Waals surface area (Å²) in [4.78, 5) is 13.8. The van der Waals surface area contributed by atoms with Gasteiger partial charge in [-0.1, -0.05) is 30.3 Å². The van der Waals surface area contributed by atoms with E-state index < -0.39 is 28.1 Å². The van der Waals surface area contributed by atoms with Crippen LogP contribution in [-0.2, 0) is 27.7 Å². The van der Waals surface area contributed by atoms with Crippen LogP contribution in [0.5, 0.6) is 0 Å². The number of furan rings is 1. The number of rotatable bonds is 5. The fourth-order valence-corrected chi connectivity index (χ4v) is 4.60. The molecule has 1 aromatic carbocycles. The number of hydrogen-bond donors (Lipinski definition) is 1. The van der Waals surface area contributed by atoms with Crippen molar-refractivity contribution in [3.63, 3.8) is 0 Å². The fraction of sp³-hybridized carbons (Fsp3) is 0.353. The van der Waals surface area contributed by atoms with Crippen molar-refractivity contribution in [3.8, 4) is 0 Å². The summed E-state index contributed by atoms with van der Waals surface area (Å²) in [5.74, 6) is -0.179. The Balaban J connectivity index is 1.74. The summed E-state index contributed by atoms with van der Waals surface area (Å²) in [6, 6.07) is 11.6. The molecule has 2 aromatic rings. The first-order valence-electron chi connectivity index (χ1n) is 7.83. The normalized spacial score (nSPS) is 21.8. The molecule has 2 heterocycles. The van der Waals surface area contributed by atoms with E-state index in [0.717, 1.165) is 5.56 Å². The number of hydrogen-bond acceptors (Lipinski definition) is 6. The third-order valence-corrected chi connectivity index (χ3v) is 5.74. The third kappa shape index (κ3) is 4.40. The van der Waals surface area contributed by atoms with Crippen LogP contribution in [0.15, 0.2) is 53.1 Å². The first kappa shape index (κ1) is 17.5. The maximum atomic E-state index is 12.5. The summed E-state index contributed by atoms with van der Waals surface area (Å²) in [5.41, 5.74) is 0.813. The maximum absolute atomic E-state index is 12.5. The van der Waals surface area contributed by atoms with Gasteiger partial charge in [0.15, 0.2) is 9.84 Å². The zero-order chi connectivity index (χ0) is 17.9. The topological polar surface area (TPSA) is 97.0 Å². The number of benzene rings is 1. The molecule has 7 nitrogen and oxygen atoms in total. The number of amides is 1. The maximum Gasteiger partial charge on any atom is 0.410 e. The van der Waals surface area contributed by atoms with Crippen molar-refractivity contribution in [2.24, 2.45) is 0 Å². The van der Waals surface area contributed by atoms with Crippen molar-refractivity contribution in [2.45, 2.75) is 25.3 Å². The molecule has 25 heavy (non-hydrogen) atoms. The summed E-state index contributed by atoms with van der Waals surface area (Å²) < 4.78 is 34.1. The molecule has 0 bridgehead atoms. The molecule has 0 radical (unpaired) electrons. The molecule has 1 saturated heterocycles.